The van der Waals surface area contributed by atoms with Crippen molar-refractivity contribution in [2.45, 2.75) is 45.6 Å². The second-order valence-electron chi connectivity index (χ2n) is 5.26. The highest BCUT2D eigenvalue weighted by atomic mass is 16.6. The maximum absolute atomic E-state index is 11.3. The standard InChI is InChI=1S/C13H23N3O3/c1-13(2,3)19-12(17)14-8-5-4-6-10-18-11-7-9-15-16-11/h7,9H,4-6,8,10H2,1-3H3,(H,14,17)(H,15,16). The molecule has 0 aromatic carbocycles. The Kier molecular flexibility index (Phi) is 6.18. The van der Waals surface area contributed by atoms with Crippen LogP contribution in [0.15, 0.2) is 12.3 Å². The minimum absolute atomic E-state index is 0.360. The molecule has 0 atom stereocenters. The van der Waals surface area contributed by atoms with Gasteiger partial charge in [-0.25, -0.2) is 9.89 Å². The molecule has 0 fully saturated rings. The fourth-order valence-electron chi connectivity index (χ4n) is 1.41. The van der Waals surface area contributed by atoms with E-state index in [1.165, 1.54) is 0 Å². The molecule has 0 aliphatic rings. The maximum Gasteiger partial charge on any atom is 0.407 e. The highest BCUT2D eigenvalue weighted by Crippen LogP contribution is 2.06. The number of ether oxygens (including phenoxy) is 2. The third kappa shape index (κ3) is 8.07. The lowest BCUT2D eigenvalue weighted by atomic mass is 10.2. The Labute approximate surface area is 113 Å². The average Bonchev–Trinajstić information content (AvgIpc) is 2.78. The summed E-state index contributed by atoms with van der Waals surface area (Å²) in [5.41, 5.74) is -0.442. The number of H-pyrrole nitrogens is 1. The van der Waals surface area contributed by atoms with Crippen molar-refractivity contribution in [2.24, 2.45) is 0 Å². The summed E-state index contributed by atoms with van der Waals surface area (Å²) in [6, 6.07) is 1.78. The summed E-state index contributed by atoms with van der Waals surface area (Å²) in [7, 11) is 0. The van der Waals surface area contributed by atoms with Crippen molar-refractivity contribution >= 4 is 6.09 Å². The second-order valence-corrected chi connectivity index (χ2v) is 5.26. The van der Waals surface area contributed by atoms with Crippen molar-refractivity contribution in [3.63, 3.8) is 0 Å². The number of nitrogens with one attached hydrogen (secondary N) is 2. The fourth-order valence-corrected chi connectivity index (χ4v) is 1.41. The minimum atomic E-state index is -0.442. The summed E-state index contributed by atoms with van der Waals surface area (Å²) >= 11 is 0. The quantitative estimate of drug-likeness (QED) is 0.746. The van der Waals surface area contributed by atoms with Crippen molar-refractivity contribution in [1.82, 2.24) is 15.5 Å². The zero-order chi connectivity index (χ0) is 14.1. The Bertz CT molecular complexity index is 358. The summed E-state index contributed by atoms with van der Waals surface area (Å²) < 4.78 is 10.5. The SMILES string of the molecule is CC(C)(C)OC(=O)NCCCCCOc1ccn[nH]1. The summed E-state index contributed by atoms with van der Waals surface area (Å²) in [6.45, 7) is 6.81. The molecule has 108 valence electrons. The van der Waals surface area contributed by atoms with Crippen LogP contribution in [0.4, 0.5) is 4.79 Å². The van der Waals surface area contributed by atoms with Crippen LogP contribution in [0.3, 0.4) is 0 Å². The molecule has 1 heterocycles. The summed E-state index contributed by atoms with van der Waals surface area (Å²) in [5.74, 6) is 0.687. The van der Waals surface area contributed by atoms with Crippen molar-refractivity contribution in [3.8, 4) is 5.88 Å². The van der Waals surface area contributed by atoms with Crippen LogP contribution in [0.25, 0.3) is 0 Å². The van der Waals surface area contributed by atoms with Gasteiger partial charge in [-0.15, -0.1) is 0 Å². The molecule has 0 spiro atoms. The van der Waals surface area contributed by atoms with Crippen molar-refractivity contribution in [2.75, 3.05) is 13.2 Å². The van der Waals surface area contributed by atoms with Gasteiger partial charge in [0.25, 0.3) is 0 Å². The van der Waals surface area contributed by atoms with E-state index in [0.717, 1.165) is 19.3 Å². The van der Waals surface area contributed by atoms with E-state index in [-0.39, 0.29) is 6.09 Å². The first kappa shape index (κ1) is 15.3. The van der Waals surface area contributed by atoms with Crippen molar-refractivity contribution < 1.29 is 14.3 Å². The van der Waals surface area contributed by atoms with Crippen LogP contribution in [-0.4, -0.2) is 35.0 Å². The molecule has 1 rings (SSSR count). The summed E-state index contributed by atoms with van der Waals surface area (Å²) in [4.78, 5) is 11.3. The van der Waals surface area contributed by atoms with Gasteiger partial charge < -0.3 is 14.8 Å². The molecule has 0 radical (unpaired) electrons. The van der Waals surface area contributed by atoms with Crippen molar-refractivity contribution in [1.29, 1.82) is 0 Å². The molecule has 1 amide bonds. The predicted molar refractivity (Wildman–Crippen MR) is 72.2 cm³/mol. The Morgan fingerprint density at radius 1 is 1.37 bits per heavy atom. The van der Waals surface area contributed by atoms with E-state index in [1.54, 1.807) is 12.3 Å². The Morgan fingerprint density at radius 3 is 2.79 bits per heavy atom. The number of carbonyl (C=O) groups is 1. The van der Waals surface area contributed by atoms with Crippen LogP contribution >= 0.6 is 0 Å². The van der Waals surface area contributed by atoms with Gasteiger partial charge in [0.05, 0.1) is 12.8 Å². The number of alkyl carbamates (subject to hydrolysis) is 1. The van der Waals surface area contributed by atoms with E-state index in [2.05, 4.69) is 15.5 Å². The first-order chi connectivity index (χ1) is 8.97. The van der Waals surface area contributed by atoms with E-state index in [9.17, 15) is 4.79 Å². The van der Waals surface area contributed by atoms with Crippen molar-refractivity contribution in [3.05, 3.63) is 12.3 Å². The molecule has 0 unspecified atom stereocenters. The molecule has 0 bridgehead atoms. The third-order valence-corrected chi connectivity index (χ3v) is 2.22. The number of unbranched alkanes of at least 4 members (excludes halogenated alkanes) is 2. The number of carbonyl (C=O) groups excluding carboxylic acids is 1. The minimum Gasteiger partial charge on any atom is -0.478 e. The van der Waals surface area contributed by atoms with Crippen LogP contribution in [0.2, 0.25) is 0 Å². The van der Waals surface area contributed by atoms with E-state index in [1.807, 2.05) is 20.8 Å². The van der Waals surface area contributed by atoms with Gasteiger partial charge in [0.1, 0.15) is 5.60 Å². The van der Waals surface area contributed by atoms with Crippen LogP contribution in [0, 0.1) is 0 Å². The second kappa shape index (κ2) is 7.66. The highest BCUT2D eigenvalue weighted by molar-refractivity contribution is 5.67. The van der Waals surface area contributed by atoms with E-state index < -0.39 is 5.60 Å². The first-order valence-corrected chi connectivity index (χ1v) is 6.56. The van der Waals surface area contributed by atoms with E-state index in [4.69, 9.17) is 9.47 Å². The number of nitrogens with zero attached hydrogens (tertiary/aromatic N) is 1. The number of rotatable bonds is 7. The maximum atomic E-state index is 11.3. The van der Waals surface area contributed by atoms with E-state index in [0.29, 0.717) is 19.0 Å². The van der Waals surface area contributed by atoms with Gasteiger partial charge in [-0.2, -0.15) is 5.10 Å². The molecule has 0 saturated heterocycles. The van der Waals surface area contributed by atoms with Crippen LogP contribution in [0.5, 0.6) is 5.88 Å². The number of hydrogen-bond donors (Lipinski definition) is 2. The van der Waals surface area contributed by atoms with Gasteiger partial charge in [-0.1, -0.05) is 0 Å². The third-order valence-electron chi connectivity index (χ3n) is 2.22. The number of aromatic amines is 1. The Morgan fingerprint density at radius 2 is 2.16 bits per heavy atom. The van der Waals surface area contributed by atoms with E-state index >= 15 is 0 Å². The Balaban J connectivity index is 1.92. The van der Waals surface area contributed by atoms with Gasteiger partial charge in [0.15, 0.2) is 0 Å². The molecule has 0 saturated carbocycles. The van der Waals surface area contributed by atoms with Crippen LogP contribution < -0.4 is 10.1 Å². The van der Waals surface area contributed by atoms with Crippen LogP contribution in [0.1, 0.15) is 40.0 Å². The summed E-state index contributed by atoms with van der Waals surface area (Å²) in [5, 5.41) is 9.24. The molecule has 6 heteroatoms. The lowest BCUT2D eigenvalue weighted by Crippen LogP contribution is -2.33. The summed E-state index contributed by atoms with van der Waals surface area (Å²) in [6.07, 6.45) is 4.13. The number of aromatic nitrogens is 2. The molecule has 6 nitrogen and oxygen atoms in total. The van der Waals surface area contributed by atoms with Gasteiger partial charge in [0, 0.05) is 12.6 Å². The van der Waals surface area contributed by atoms with Gasteiger partial charge in [-0.05, 0) is 40.0 Å². The lowest BCUT2D eigenvalue weighted by Gasteiger charge is -2.19. The number of amides is 1. The molecule has 0 aliphatic carbocycles. The smallest absolute Gasteiger partial charge is 0.407 e. The lowest BCUT2D eigenvalue weighted by molar-refractivity contribution is 0.0527. The molecular formula is C13H23N3O3. The fraction of sp³-hybridized carbons (Fsp3) is 0.692. The Hall–Kier alpha value is -1.72. The topological polar surface area (TPSA) is 76.2 Å². The molecule has 2 N–H and O–H groups in total. The van der Waals surface area contributed by atoms with Crippen LogP contribution in [-0.2, 0) is 4.74 Å². The molecule has 1 aromatic heterocycles. The first-order valence-electron chi connectivity index (χ1n) is 6.56. The average molecular weight is 269 g/mol. The van der Waals surface area contributed by atoms with Gasteiger partial charge in [0.2, 0.25) is 5.88 Å². The molecule has 19 heavy (non-hydrogen) atoms. The molecular weight excluding hydrogens is 246 g/mol. The van der Waals surface area contributed by atoms with Gasteiger partial charge >= 0.3 is 6.09 Å². The zero-order valence-corrected chi connectivity index (χ0v) is 11.9. The predicted octanol–water partition coefficient (Wildman–Crippen LogP) is 2.48. The monoisotopic (exact) mass is 269 g/mol. The zero-order valence-electron chi connectivity index (χ0n) is 11.9. The number of hydrogen-bond acceptors (Lipinski definition) is 4. The molecule has 0 aliphatic heterocycles. The van der Waals surface area contributed by atoms with Gasteiger partial charge in [-0.3, -0.25) is 0 Å². The highest BCUT2D eigenvalue weighted by Gasteiger charge is 2.15. The molecule has 1 aromatic rings. The normalized spacial score (nSPS) is 11.1. The largest absolute Gasteiger partial charge is 0.478 e.